The first kappa shape index (κ1) is 15.5. The lowest BCUT2D eigenvalue weighted by Gasteiger charge is -2.26. The van der Waals surface area contributed by atoms with Crippen LogP contribution in [0.4, 0.5) is 0 Å². The lowest BCUT2D eigenvalue weighted by atomic mass is 10.1. The van der Waals surface area contributed by atoms with Crippen molar-refractivity contribution in [2.45, 2.75) is 46.7 Å². The number of nitrogens with zero attached hydrogens (tertiary/aromatic N) is 4. The lowest BCUT2D eigenvalue weighted by Crippen LogP contribution is -2.34. The van der Waals surface area contributed by atoms with Gasteiger partial charge in [-0.1, -0.05) is 23.3 Å². The van der Waals surface area contributed by atoms with E-state index in [1.807, 2.05) is 10.7 Å². The van der Waals surface area contributed by atoms with Crippen LogP contribution in [0.2, 0.25) is 0 Å². The minimum Gasteiger partial charge on any atom is -0.292 e. The number of rotatable bonds is 5. The number of hydrogen-bond donors (Lipinski definition) is 0. The van der Waals surface area contributed by atoms with E-state index in [9.17, 15) is 0 Å². The quantitative estimate of drug-likeness (QED) is 0.780. The van der Waals surface area contributed by atoms with E-state index in [1.165, 1.54) is 11.1 Å². The molecule has 2 rings (SSSR count). The molecule has 0 amide bonds. The number of fused-ring (bicyclic) bond motifs is 1. The summed E-state index contributed by atoms with van der Waals surface area (Å²) in [6, 6.07) is 4.01. The van der Waals surface area contributed by atoms with E-state index in [-0.39, 0.29) is 0 Å². The van der Waals surface area contributed by atoms with Gasteiger partial charge in [0.25, 0.3) is 0 Å². The van der Waals surface area contributed by atoms with Crippen LogP contribution in [0, 0.1) is 11.3 Å². The second-order valence-electron chi connectivity index (χ2n) is 5.96. The van der Waals surface area contributed by atoms with Gasteiger partial charge in [0.1, 0.15) is 6.07 Å². The van der Waals surface area contributed by atoms with Gasteiger partial charge in [-0.05, 0) is 39.7 Å². The number of aromatic nitrogens is 2. The molecular formula is C17H24N4. The van der Waals surface area contributed by atoms with Gasteiger partial charge in [-0.2, -0.15) is 10.4 Å². The van der Waals surface area contributed by atoms with Crippen molar-refractivity contribution >= 4 is 0 Å². The monoisotopic (exact) mass is 284 g/mol. The molecule has 21 heavy (non-hydrogen) atoms. The van der Waals surface area contributed by atoms with E-state index in [1.54, 1.807) is 0 Å². The standard InChI is InChI=1S/C17H24N4/c1-14(2)5-4-6-15(3)7-8-20-9-10-21-17(13-20)11-16(12-18)19-21/h5,7,11H,4,6,8-10,13H2,1-3H3. The van der Waals surface area contributed by atoms with Crippen molar-refractivity contribution < 1.29 is 0 Å². The van der Waals surface area contributed by atoms with Crippen LogP contribution in [-0.2, 0) is 13.1 Å². The van der Waals surface area contributed by atoms with Crippen LogP contribution < -0.4 is 0 Å². The summed E-state index contributed by atoms with van der Waals surface area (Å²) in [6.07, 6.45) is 6.88. The van der Waals surface area contributed by atoms with Crippen molar-refractivity contribution in [1.82, 2.24) is 14.7 Å². The summed E-state index contributed by atoms with van der Waals surface area (Å²) in [5.41, 5.74) is 4.51. The maximum atomic E-state index is 8.90. The average Bonchev–Trinajstić information content (AvgIpc) is 2.87. The van der Waals surface area contributed by atoms with Crippen LogP contribution in [0.25, 0.3) is 0 Å². The molecule has 4 nitrogen and oxygen atoms in total. The number of allylic oxidation sites excluding steroid dienone is 3. The lowest BCUT2D eigenvalue weighted by molar-refractivity contribution is 0.234. The minimum absolute atomic E-state index is 0.528. The fourth-order valence-corrected chi connectivity index (χ4v) is 2.51. The van der Waals surface area contributed by atoms with Crippen molar-refractivity contribution in [3.05, 3.63) is 40.8 Å². The zero-order chi connectivity index (χ0) is 15.2. The van der Waals surface area contributed by atoms with Crippen molar-refractivity contribution in [3.63, 3.8) is 0 Å². The van der Waals surface area contributed by atoms with Gasteiger partial charge in [0.15, 0.2) is 5.69 Å². The zero-order valence-electron chi connectivity index (χ0n) is 13.3. The van der Waals surface area contributed by atoms with Gasteiger partial charge in [-0.25, -0.2) is 0 Å². The molecule has 0 atom stereocenters. The Morgan fingerprint density at radius 1 is 1.33 bits per heavy atom. The Morgan fingerprint density at radius 2 is 2.14 bits per heavy atom. The van der Waals surface area contributed by atoms with Gasteiger partial charge in [-0.3, -0.25) is 9.58 Å². The highest BCUT2D eigenvalue weighted by Gasteiger charge is 2.17. The maximum absolute atomic E-state index is 8.90. The van der Waals surface area contributed by atoms with E-state index < -0.39 is 0 Å². The van der Waals surface area contributed by atoms with Crippen LogP contribution in [0.1, 0.15) is 45.0 Å². The Hall–Kier alpha value is -1.86. The summed E-state index contributed by atoms with van der Waals surface area (Å²) >= 11 is 0. The van der Waals surface area contributed by atoms with Gasteiger partial charge in [-0.15, -0.1) is 0 Å². The first-order valence-electron chi connectivity index (χ1n) is 7.56. The molecule has 1 aliphatic heterocycles. The van der Waals surface area contributed by atoms with Gasteiger partial charge >= 0.3 is 0 Å². The molecule has 4 heteroatoms. The molecular weight excluding hydrogens is 260 g/mol. The molecule has 0 N–H and O–H groups in total. The Morgan fingerprint density at radius 3 is 2.86 bits per heavy atom. The SMILES string of the molecule is CC(C)=CCCC(C)=CCN1CCn2nc(C#N)cc2C1. The second kappa shape index (κ2) is 7.24. The van der Waals surface area contributed by atoms with E-state index in [0.29, 0.717) is 5.69 Å². The van der Waals surface area contributed by atoms with Crippen LogP contribution in [0.15, 0.2) is 29.4 Å². The van der Waals surface area contributed by atoms with Crippen LogP contribution in [0.5, 0.6) is 0 Å². The first-order chi connectivity index (χ1) is 10.1. The third-order valence-corrected chi connectivity index (χ3v) is 3.78. The van der Waals surface area contributed by atoms with Crippen LogP contribution in [-0.4, -0.2) is 27.8 Å². The normalized spacial score (nSPS) is 15.4. The largest absolute Gasteiger partial charge is 0.292 e. The molecule has 0 aliphatic carbocycles. The van der Waals surface area contributed by atoms with E-state index in [2.05, 4.69) is 49.0 Å². The van der Waals surface area contributed by atoms with Gasteiger partial charge < -0.3 is 0 Å². The summed E-state index contributed by atoms with van der Waals surface area (Å²) in [5.74, 6) is 0. The molecule has 0 unspecified atom stereocenters. The fraction of sp³-hybridized carbons (Fsp3) is 0.529. The smallest absolute Gasteiger partial charge is 0.162 e. The average molecular weight is 284 g/mol. The van der Waals surface area contributed by atoms with Crippen LogP contribution in [0.3, 0.4) is 0 Å². The highest BCUT2D eigenvalue weighted by Crippen LogP contribution is 2.14. The summed E-state index contributed by atoms with van der Waals surface area (Å²) in [7, 11) is 0. The van der Waals surface area contributed by atoms with Crippen molar-refractivity contribution in [2.75, 3.05) is 13.1 Å². The molecule has 0 bridgehead atoms. The minimum atomic E-state index is 0.528. The van der Waals surface area contributed by atoms with Crippen molar-refractivity contribution in [2.24, 2.45) is 0 Å². The highest BCUT2D eigenvalue weighted by atomic mass is 15.3. The second-order valence-corrected chi connectivity index (χ2v) is 5.96. The van der Waals surface area contributed by atoms with Gasteiger partial charge in [0, 0.05) is 19.6 Å². The molecule has 1 aromatic heterocycles. The Labute approximate surface area is 127 Å². The summed E-state index contributed by atoms with van der Waals surface area (Å²) < 4.78 is 1.96. The van der Waals surface area contributed by atoms with Gasteiger partial charge in [0.2, 0.25) is 0 Å². The van der Waals surface area contributed by atoms with Gasteiger partial charge in [0.05, 0.1) is 12.2 Å². The Balaban J connectivity index is 1.85. The number of nitriles is 1. The van der Waals surface area contributed by atoms with E-state index >= 15 is 0 Å². The third kappa shape index (κ3) is 4.57. The fourth-order valence-electron chi connectivity index (χ4n) is 2.51. The molecule has 1 aliphatic rings. The molecule has 0 spiro atoms. The molecule has 0 aromatic carbocycles. The van der Waals surface area contributed by atoms with Crippen molar-refractivity contribution in [3.8, 4) is 6.07 Å². The van der Waals surface area contributed by atoms with E-state index in [0.717, 1.165) is 44.7 Å². The predicted octanol–water partition coefficient (Wildman–Crippen LogP) is 3.26. The van der Waals surface area contributed by atoms with Crippen LogP contribution >= 0.6 is 0 Å². The zero-order valence-corrected chi connectivity index (χ0v) is 13.3. The maximum Gasteiger partial charge on any atom is 0.162 e. The Kier molecular flexibility index (Phi) is 5.35. The topological polar surface area (TPSA) is 44.9 Å². The third-order valence-electron chi connectivity index (χ3n) is 3.78. The summed E-state index contributed by atoms with van der Waals surface area (Å²) in [6.45, 7) is 10.2. The molecule has 0 fully saturated rings. The van der Waals surface area contributed by atoms with E-state index in [4.69, 9.17) is 5.26 Å². The first-order valence-corrected chi connectivity index (χ1v) is 7.56. The molecule has 0 radical (unpaired) electrons. The summed E-state index contributed by atoms with van der Waals surface area (Å²) in [4.78, 5) is 2.41. The molecule has 2 heterocycles. The highest BCUT2D eigenvalue weighted by molar-refractivity contribution is 5.23. The molecule has 0 saturated carbocycles. The Bertz CT molecular complexity index is 582. The number of hydrogen-bond acceptors (Lipinski definition) is 3. The molecule has 112 valence electrons. The summed E-state index contributed by atoms with van der Waals surface area (Å²) in [5, 5.41) is 13.2. The van der Waals surface area contributed by atoms with Crippen molar-refractivity contribution in [1.29, 1.82) is 5.26 Å². The molecule has 1 aromatic rings. The molecule has 0 saturated heterocycles. The predicted molar refractivity (Wildman–Crippen MR) is 84.6 cm³/mol.